The monoisotopic (exact) mass is 354 g/mol. The summed E-state index contributed by atoms with van der Waals surface area (Å²) in [6.45, 7) is 0. The molecular formula is C17H14N4O3S. The summed E-state index contributed by atoms with van der Waals surface area (Å²) in [7, 11) is 1.57. The number of para-hydroxylation sites is 1. The van der Waals surface area contributed by atoms with Gasteiger partial charge in [-0.3, -0.25) is 0 Å². The fourth-order valence-electron chi connectivity index (χ4n) is 2.33. The topological polar surface area (TPSA) is 92.5 Å². The molecule has 0 aliphatic heterocycles. The van der Waals surface area contributed by atoms with E-state index in [2.05, 4.69) is 15.3 Å². The second-order valence-electron chi connectivity index (χ2n) is 5.00. The van der Waals surface area contributed by atoms with Crippen LogP contribution in [0.5, 0.6) is 5.75 Å². The first-order valence-corrected chi connectivity index (χ1v) is 7.70. The minimum atomic E-state index is -1.03. The Morgan fingerprint density at radius 3 is 2.76 bits per heavy atom. The Morgan fingerprint density at radius 1 is 1.28 bits per heavy atom. The van der Waals surface area contributed by atoms with E-state index in [1.54, 1.807) is 31.4 Å². The number of nitrogens with zero attached hydrogens (tertiary/aromatic N) is 3. The third kappa shape index (κ3) is 3.33. The number of carbonyl (C=O) groups is 1. The van der Waals surface area contributed by atoms with Crippen molar-refractivity contribution >= 4 is 24.4 Å². The van der Waals surface area contributed by atoms with Gasteiger partial charge in [0.25, 0.3) is 0 Å². The highest BCUT2D eigenvalue weighted by molar-refractivity contribution is 7.71. The van der Waals surface area contributed by atoms with Gasteiger partial charge in [0.2, 0.25) is 4.77 Å². The number of aromatic amines is 1. The van der Waals surface area contributed by atoms with E-state index in [0.717, 1.165) is 0 Å². The van der Waals surface area contributed by atoms with Crippen molar-refractivity contribution in [2.24, 2.45) is 5.10 Å². The van der Waals surface area contributed by atoms with E-state index < -0.39 is 5.97 Å². The molecule has 8 heteroatoms. The third-order valence-electron chi connectivity index (χ3n) is 3.50. The molecule has 2 N–H and O–H groups in total. The predicted molar refractivity (Wildman–Crippen MR) is 95.8 cm³/mol. The van der Waals surface area contributed by atoms with Gasteiger partial charge in [0.15, 0.2) is 5.82 Å². The van der Waals surface area contributed by atoms with Crippen LogP contribution in [0.2, 0.25) is 0 Å². The zero-order valence-electron chi connectivity index (χ0n) is 13.2. The first kappa shape index (κ1) is 16.6. The maximum Gasteiger partial charge on any atom is 0.336 e. The van der Waals surface area contributed by atoms with E-state index in [0.29, 0.717) is 22.7 Å². The molecule has 0 bridgehead atoms. The van der Waals surface area contributed by atoms with Crippen molar-refractivity contribution in [1.29, 1.82) is 0 Å². The molecule has 0 spiro atoms. The minimum Gasteiger partial charge on any atom is -0.496 e. The molecule has 1 aromatic heterocycles. The van der Waals surface area contributed by atoms with Gasteiger partial charge in [0.05, 0.1) is 24.5 Å². The first-order valence-electron chi connectivity index (χ1n) is 7.29. The second kappa shape index (κ2) is 7.10. The van der Waals surface area contributed by atoms with Gasteiger partial charge in [-0.1, -0.05) is 30.3 Å². The highest BCUT2D eigenvalue weighted by Crippen LogP contribution is 2.28. The summed E-state index contributed by atoms with van der Waals surface area (Å²) in [5.41, 5.74) is 1.32. The number of hydrogen-bond acceptors (Lipinski definition) is 5. The molecule has 0 amide bonds. The van der Waals surface area contributed by atoms with Crippen molar-refractivity contribution < 1.29 is 14.6 Å². The molecule has 0 unspecified atom stereocenters. The number of nitrogens with one attached hydrogen (secondary N) is 1. The van der Waals surface area contributed by atoms with Crippen LogP contribution in [0.3, 0.4) is 0 Å². The Kier molecular flexibility index (Phi) is 4.71. The Balaban J connectivity index is 2.07. The van der Waals surface area contributed by atoms with Gasteiger partial charge in [-0.05, 0) is 30.4 Å². The quantitative estimate of drug-likeness (QED) is 0.542. The van der Waals surface area contributed by atoms with Crippen LogP contribution in [0.4, 0.5) is 0 Å². The van der Waals surface area contributed by atoms with Crippen LogP contribution in [-0.4, -0.2) is 39.3 Å². The van der Waals surface area contributed by atoms with Crippen LogP contribution in [0, 0.1) is 4.77 Å². The van der Waals surface area contributed by atoms with Crippen LogP contribution in [0.25, 0.3) is 11.4 Å². The standard InChI is InChI=1S/C17H14N4O3S/c1-24-14-9-5-4-8-13(14)15-19-20-17(25)21(15)18-10-11-6-2-3-7-12(11)16(22)23/h2-10H,1H3,(H,20,25)(H,22,23). The third-order valence-corrected chi connectivity index (χ3v) is 3.77. The van der Waals surface area contributed by atoms with Gasteiger partial charge in [0.1, 0.15) is 5.75 Å². The SMILES string of the molecule is COc1ccccc1-c1n[nH]c(=S)n1N=Cc1ccccc1C(=O)O. The van der Waals surface area contributed by atoms with Crippen LogP contribution >= 0.6 is 12.2 Å². The Labute approximate surface area is 148 Å². The zero-order chi connectivity index (χ0) is 17.8. The van der Waals surface area contributed by atoms with Crippen molar-refractivity contribution in [3.63, 3.8) is 0 Å². The average molecular weight is 354 g/mol. The molecule has 25 heavy (non-hydrogen) atoms. The number of H-pyrrole nitrogens is 1. The summed E-state index contributed by atoms with van der Waals surface area (Å²) in [4.78, 5) is 11.3. The molecule has 0 fully saturated rings. The van der Waals surface area contributed by atoms with Gasteiger partial charge in [-0.15, -0.1) is 0 Å². The molecule has 3 aromatic rings. The van der Waals surface area contributed by atoms with Crippen LogP contribution in [0.15, 0.2) is 53.6 Å². The summed E-state index contributed by atoms with van der Waals surface area (Å²) >= 11 is 5.23. The Hall–Kier alpha value is -3.26. The Bertz CT molecular complexity index is 1010. The fourth-order valence-corrected chi connectivity index (χ4v) is 2.51. The number of aromatic carboxylic acids is 1. The molecule has 0 aliphatic carbocycles. The van der Waals surface area contributed by atoms with Gasteiger partial charge in [-0.2, -0.15) is 14.9 Å². The van der Waals surface area contributed by atoms with E-state index in [-0.39, 0.29) is 10.3 Å². The summed E-state index contributed by atoms with van der Waals surface area (Å²) in [5, 5.41) is 20.5. The molecule has 1 heterocycles. The van der Waals surface area contributed by atoms with E-state index in [1.165, 1.54) is 17.0 Å². The molecule has 7 nitrogen and oxygen atoms in total. The van der Waals surface area contributed by atoms with Crippen molar-refractivity contribution in [3.05, 3.63) is 64.4 Å². The van der Waals surface area contributed by atoms with Gasteiger partial charge < -0.3 is 9.84 Å². The molecular weight excluding hydrogens is 340 g/mol. The van der Waals surface area contributed by atoms with E-state index >= 15 is 0 Å². The fraction of sp³-hybridized carbons (Fsp3) is 0.0588. The lowest BCUT2D eigenvalue weighted by Gasteiger charge is -2.07. The first-order chi connectivity index (χ1) is 12.1. The van der Waals surface area contributed by atoms with Crippen LogP contribution < -0.4 is 4.74 Å². The summed E-state index contributed by atoms with van der Waals surface area (Å²) in [6.07, 6.45) is 1.44. The van der Waals surface area contributed by atoms with Crippen LogP contribution in [0.1, 0.15) is 15.9 Å². The predicted octanol–water partition coefficient (Wildman–Crippen LogP) is 3.20. The van der Waals surface area contributed by atoms with Crippen molar-refractivity contribution in [1.82, 2.24) is 14.9 Å². The maximum absolute atomic E-state index is 11.3. The number of benzene rings is 2. The maximum atomic E-state index is 11.3. The lowest BCUT2D eigenvalue weighted by atomic mass is 10.1. The molecule has 0 radical (unpaired) electrons. The molecule has 0 atom stereocenters. The molecule has 3 rings (SSSR count). The van der Waals surface area contributed by atoms with Crippen molar-refractivity contribution in [2.75, 3.05) is 7.11 Å². The lowest BCUT2D eigenvalue weighted by molar-refractivity contribution is 0.0697. The van der Waals surface area contributed by atoms with E-state index in [4.69, 9.17) is 17.0 Å². The van der Waals surface area contributed by atoms with Crippen molar-refractivity contribution in [2.45, 2.75) is 0 Å². The number of hydrogen-bond donors (Lipinski definition) is 2. The number of carboxylic acids is 1. The number of rotatable bonds is 5. The number of aromatic nitrogens is 3. The summed E-state index contributed by atoms with van der Waals surface area (Å²) < 4.78 is 7.05. The average Bonchev–Trinajstić information content (AvgIpc) is 3.00. The number of methoxy groups -OCH3 is 1. The van der Waals surface area contributed by atoms with Crippen molar-refractivity contribution in [3.8, 4) is 17.1 Å². The Morgan fingerprint density at radius 2 is 2.00 bits per heavy atom. The normalized spacial score (nSPS) is 10.9. The molecule has 0 saturated heterocycles. The van der Waals surface area contributed by atoms with Crippen LogP contribution in [-0.2, 0) is 0 Å². The lowest BCUT2D eigenvalue weighted by Crippen LogP contribution is -2.03. The smallest absolute Gasteiger partial charge is 0.336 e. The molecule has 2 aromatic carbocycles. The summed E-state index contributed by atoms with van der Waals surface area (Å²) in [5.74, 6) is 0.0631. The highest BCUT2D eigenvalue weighted by Gasteiger charge is 2.13. The van der Waals surface area contributed by atoms with E-state index in [9.17, 15) is 9.90 Å². The highest BCUT2D eigenvalue weighted by atomic mass is 32.1. The summed E-state index contributed by atoms with van der Waals surface area (Å²) in [6, 6.07) is 13.9. The van der Waals surface area contributed by atoms with Gasteiger partial charge >= 0.3 is 5.97 Å². The number of carboxylic acid groups (broad SMARTS) is 1. The van der Waals surface area contributed by atoms with E-state index in [1.807, 2.05) is 18.2 Å². The van der Waals surface area contributed by atoms with Gasteiger partial charge in [0, 0.05) is 5.56 Å². The largest absolute Gasteiger partial charge is 0.496 e. The number of ether oxygens (including phenoxy) is 1. The van der Waals surface area contributed by atoms with Gasteiger partial charge in [-0.25, -0.2) is 9.89 Å². The minimum absolute atomic E-state index is 0.153. The molecule has 0 saturated carbocycles. The molecule has 0 aliphatic rings. The second-order valence-corrected chi connectivity index (χ2v) is 5.39. The zero-order valence-corrected chi connectivity index (χ0v) is 14.0. The molecule has 126 valence electrons.